The summed E-state index contributed by atoms with van der Waals surface area (Å²) in [4.78, 5) is 12.3. The Hall–Kier alpha value is -1.67. The minimum absolute atomic E-state index is 0.519. The molecule has 0 aliphatic rings. The normalized spacial score (nSPS) is 10.5. The van der Waals surface area contributed by atoms with Crippen LogP contribution in [0.1, 0.15) is 26.1 Å². The van der Waals surface area contributed by atoms with E-state index in [0.29, 0.717) is 6.42 Å². The van der Waals surface area contributed by atoms with Crippen LogP contribution in [-0.2, 0) is 6.42 Å². The van der Waals surface area contributed by atoms with E-state index in [1.165, 1.54) is 0 Å². The van der Waals surface area contributed by atoms with Gasteiger partial charge in [-0.05, 0) is 18.4 Å². The quantitative estimate of drug-likeness (QED) is 0.829. The molecule has 0 saturated carbocycles. The SMILES string of the molecule is CCc1nc(N(CC)CCC#N)c2ccsc2n1. The minimum atomic E-state index is 0.519. The standard InChI is InChI=1S/C13H16N4S/c1-3-11-15-12(17(4-2)8-5-7-14)10-6-9-18-13(10)16-11/h6,9H,3-5,8H2,1-2H3. The van der Waals surface area contributed by atoms with Crippen LogP contribution in [0.25, 0.3) is 10.2 Å². The van der Waals surface area contributed by atoms with Crippen LogP contribution in [0.3, 0.4) is 0 Å². The number of hydrogen-bond donors (Lipinski definition) is 0. The molecule has 2 aromatic rings. The lowest BCUT2D eigenvalue weighted by Crippen LogP contribution is -2.25. The molecule has 2 aromatic heterocycles. The van der Waals surface area contributed by atoms with E-state index in [4.69, 9.17) is 5.26 Å². The second kappa shape index (κ2) is 5.78. The van der Waals surface area contributed by atoms with Crippen molar-refractivity contribution < 1.29 is 0 Å². The van der Waals surface area contributed by atoms with Crippen molar-refractivity contribution in [3.63, 3.8) is 0 Å². The number of anilines is 1. The van der Waals surface area contributed by atoms with Gasteiger partial charge in [-0.25, -0.2) is 9.97 Å². The van der Waals surface area contributed by atoms with Gasteiger partial charge in [-0.15, -0.1) is 11.3 Å². The first-order chi connectivity index (χ1) is 8.80. The molecule has 0 N–H and O–H groups in total. The number of nitrogens with zero attached hydrogens (tertiary/aromatic N) is 4. The molecule has 2 heterocycles. The fraction of sp³-hybridized carbons (Fsp3) is 0.462. The number of thiophene rings is 1. The highest BCUT2D eigenvalue weighted by molar-refractivity contribution is 7.16. The highest BCUT2D eigenvalue weighted by atomic mass is 32.1. The molecular weight excluding hydrogens is 244 g/mol. The number of aryl methyl sites for hydroxylation is 1. The molecule has 0 fully saturated rings. The van der Waals surface area contributed by atoms with Crippen molar-refractivity contribution in [1.82, 2.24) is 9.97 Å². The Kier molecular flexibility index (Phi) is 4.11. The van der Waals surface area contributed by atoms with E-state index in [9.17, 15) is 0 Å². The van der Waals surface area contributed by atoms with E-state index in [1.54, 1.807) is 11.3 Å². The van der Waals surface area contributed by atoms with Gasteiger partial charge in [0.15, 0.2) is 0 Å². The van der Waals surface area contributed by atoms with Gasteiger partial charge in [0.1, 0.15) is 16.5 Å². The van der Waals surface area contributed by atoms with Crippen LogP contribution in [0.4, 0.5) is 5.82 Å². The zero-order valence-corrected chi connectivity index (χ0v) is 11.5. The third-order valence-corrected chi connectivity index (χ3v) is 3.65. The summed E-state index contributed by atoms with van der Waals surface area (Å²) in [6.07, 6.45) is 1.35. The molecule has 0 amide bonds. The van der Waals surface area contributed by atoms with Crippen LogP contribution in [0, 0.1) is 11.3 Å². The lowest BCUT2D eigenvalue weighted by atomic mass is 10.3. The maximum atomic E-state index is 8.72. The van der Waals surface area contributed by atoms with E-state index in [-0.39, 0.29) is 0 Å². The zero-order chi connectivity index (χ0) is 13.0. The summed E-state index contributed by atoms with van der Waals surface area (Å²) in [5.41, 5.74) is 0. The molecule has 18 heavy (non-hydrogen) atoms. The Morgan fingerprint density at radius 1 is 1.39 bits per heavy atom. The summed E-state index contributed by atoms with van der Waals surface area (Å²) >= 11 is 1.64. The van der Waals surface area contributed by atoms with E-state index < -0.39 is 0 Å². The molecule has 2 rings (SSSR count). The Labute approximate surface area is 111 Å². The number of nitriles is 1. The Bertz CT molecular complexity index is 570. The maximum Gasteiger partial charge on any atom is 0.141 e. The summed E-state index contributed by atoms with van der Waals surface area (Å²) in [7, 11) is 0. The van der Waals surface area contributed by atoms with E-state index in [2.05, 4.69) is 40.9 Å². The van der Waals surface area contributed by atoms with Crippen LogP contribution in [0.2, 0.25) is 0 Å². The Morgan fingerprint density at radius 3 is 2.89 bits per heavy atom. The molecule has 4 nitrogen and oxygen atoms in total. The van der Waals surface area contributed by atoms with Crippen LogP contribution in [0.15, 0.2) is 11.4 Å². The molecule has 5 heteroatoms. The summed E-state index contributed by atoms with van der Waals surface area (Å²) in [5, 5.41) is 11.9. The van der Waals surface area contributed by atoms with Gasteiger partial charge in [-0.3, -0.25) is 0 Å². The zero-order valence-electron chi connectivity index (χ0n) is 10.7. The number of fused-ring (bicyclic) bond motifs is 1. The van der Waals surface area contributed by atoms with E-state index >= 15 is 0 Å². The van der Waals surface area contributed by atoms with Gasteiger partial charge < -0.3 is 4.90 Å². The second-order valence-electron chi connectivity index (χ2n) is 3.94. The molecule has 0 unspecified atom stereocenters. The highest BCUT2D eigenvalue weighted by Crippen LogP contribution is 2.28. The summed E-state index contributed by atoms with van der Waals surface area (Å²) in [5.74, 6) is 1.84. The average Bonchev–Trinajstić information content (AvgIpc) is 2.87. The smallest absolute Gasteiger partial charge is 0.141 e. The predicted molar refractivity (Wildman–Crippen MR) is 74.9 cm³/mol. The lowest BCUT2D eigenvalue weighted by Gasteiger charge is -2.21. The van der Waals surface area contributed by atoms with E-state index in [1.807, 2.05) is 5.38 Å². The molecule has 0 aromatic carbocycles. The van der Waals surface area contributed by atoms with Crippen molar-refractivity contribution in [1.29, 1.82) is 5.26 Å². The summed E-state index contributed by atoms with van der Waals surface area (Å²) in [6.45, 7) is 5.72. The molecule has 94 valence electrons. The molecule has 0 spiro atoms. The van der Waals surface area contributed by atoms with Crippen molar-refractivity contribution in [2.24, 2.45) is 0 Å². The van der Waals surface area contributed by atoms with Gasteiger partial charge in [-0.2, -0.15) is 5.26 Å². The van der Waals surface area contributed by atoms with Crippen LogP contribution in [-0.4, -0.2) is 23.1 Å². The topological polar surface area (TPSA) is 52.8 Å². The van der Waals surface area contributed by atoms with Gasteiger partial charge >= 0.3 is 0 Å². The van der Waals surface area contributed by atoms with Crippen LogP contribution in [0.5, 0.6) is 0 Å². The van der Waals surface area contributed by atoms with Gasteiger partial charge in [-0.1, -0.05) is 6.92 Å². The van der Waals surface area contributed by atoms with Crippen molar-refractivity contribution in [3.8, 4) is 6.07 Å². The van der Waals surface area contributed by atoms with Gasteiger partial charge in [0.25, 0.3) is 0 Å². The maximum absolute atomic E-state index is 8.72. The molecule has 0 radical (unpaired) electrons. The fourth-order valence-corrected chi connectivity index (χ4v) is 2.66. The highest BCUT2D eigenvalue weighted by Gasteiger charge is 2.13. The largest absolute Gasteiger partial charge is 0.355 e. The second-order valence-corrected chi connectivity index (χ2v) is 4.84. The van der Waals surface area contributed by atoms with Crippen LogP contribution < -0.4 is 4.90 Å². The average molecular weight is 260 g/mol. The van der Waals surface area contributed by atoms with Gasteiger partial charge in [0.2, 0.25) is 0 Å². The number of hydrogen-bond acceptors (Lipinski definition) is 5. The summed E-state index contributed by atoms with van der Waals surface area (Å²) in [6, 6.07) is 4.25. The van der Waals surface area contributed by atoms with Gasteiger partial charge in [0, 0.05) is 19.5 Å². The third kappa shape index (κ3) is 2.44. The van der Waals surface area contributed by atoms with Crippen molar-refractivity contribution in [3.05, 3.63) is 17.3 Å². The van der Waals surface area contributed by atoms with Gasteiger partial charge in [0.05, 0.1) is 17.9 Å². The minimum Gasteiger partial charge on any atom is -0.355 e. The number of rotatable bonds is 5. The molecule has 0 atom stereocenters. The first-order valence-corrected chi connectivity index (χ1v) is 7.04. The molecular formula is C13H16N4S. The fourth-order valence-electron chi connectivity index (χ4n) is 1.88. The monoisotopic (exact) mass is 260 g/mol. The van der Waals surface area contributed by atoms with Crippen molar-refractivity contribution >= 4 is 27.4 Å². The van der Waals surface area contributed by atoms with Crippen molar-refractivity contribution in [2.45, 2.75) is 26.7 Å². The number of aromatic nitrogens is 2. The van der Waals surface area contributed by atoms with Crippen LogP contribution >= 0.6 is 11.3 Å². The lowest BCUT2D eigenvalue weighted by molar-refractivity contribution is 0.804. The molecule has 0 bridgehead atoms. The third-order valence-electron chi connectivity index (χ3n) is 2.84. The Morgan fingerprint density at radius 2 is 2.22 bits per heavy atom. The Balaban J connectivity index is 2.46. The first kappa shape index (κ1) is 12.8. The van der Waals surface area contributed by atoms with E-state index in [0.717, 1.165) is 41.4 Å². The molecule has 0 aliphatic heterocycles. The molecule has 0 aliphatic carbocycles. The van der Waals surface area contributed by atoms with Crippen molar-refractivity contribution in [2.75, 3.05) is 18.0 Å². The first-order valence-electron chi connectivity index (χ1n) is 6.16. The summed E-state index contributed by atoms with van der Waals surface area (Å²) < 4.78 is 0. The molecule has 0 saturated heterocycles. The predicted octanol–water partition coefficient (Wildman–Crippen LogP) is 2.99.